The van der Waals surface area contributed by atoms with E-state index >= 15 is 0 Å². The van der Waals surface area contributed by atoms with E-state index in [1.807, 2.05) is 32.0 Å². The van der Waals surface area contributed by atoms with Crippen LogP contribution in [0.2, 0.25) is 0 Å². The van der Waals surface area contributed by atoms with E-state index in [9.17, 15) is 9.90 Å². The van der Waals surface area contributed by atoms with Crippen molar-refractivity contribution in [1.82, 2.24) is 5.32 Å². The second-order valence-electron chi connectivity index (χ2n) is 5.96. The number of aliphatic hydroxyl groups excluding tert-OH is 1. The topological polar surface area (TPSA) is 49.3 Å². The first-order chi connectivity index (χ1) is 9.58. The van der Waals surface area contributed by atoms with Crippen LogP contribution in [0.3, 0.4) is 0 Å². The van der Waals surface area contributed by atoms with E-state index in [0.717, 1.165) is 24.0 Å². The number of hydrogen-bond acceptors (Lipinski definition) is 2. The summed E-state index contributed by atoms with van der Waals surface area (Å²) in [4.78, 5) is 12.2. The third kappa shape index (κ3) is 3.83. The van der Waals surface area contributed by atoms with Crippen LogP contribution in [0.5, 0.6) is 0 Å². The third-order valence-electron chi connectivity index (χ3n) is 4.17. The van der Waals surface area contributed by atoms with Crippen molar-refractivity contribution in [1.29, 1.82) is 0 Å². The number of aliphatic hydroxyl groups is 1. The zero-order valence-corrected chi connectivity index (χ0v) is 12.5. The average Bonchev–Trinajstić information content (AvgIpc) is 2.66. The number of rotatable bonds is 3. The molecule has 2 rings (SSSR count). The van der Waals surface area contributed by atoms with E-state index in [-0.39, 0.29) is 11.9 Å². The Morgan fingerprint density at radius 1 is 1.20 bits per heavy atom. The fourth-order valence-electron chi connectivity index (χ4n) is 2.98. The molecule has 3 heteroatoms. The first-order valence-corrected chi connectivity index (χ1v) is 7.63. The molecule has 1 unspecified atom stereocenters. The lowest BCUT2D eigenvalue weighted by atomic mass is 10.00. The van der Waals surface area contributed by atoms with Crippen LogP contribution in [0.1, 0.15) is 61.3 Å². The van der Waals surface area contributed by atoms with Crippen LogP contribution in [-0.4, -0.2) is 17.1 Å². The van der Waals surface area contributed by atoms with E-state index in [2.05, 4.69) is 5.32 Å². The molecule has 3 nitrogen and oxygen atoms in total. The minimum atomic E-state index is -1.06. The second kappa shape index (κ2) is 6.89. The van der Waals surface area contributed by atoms with Gasteiger partial charge in [-0.05, 0) is 37.8 Å². The molecule has 0 saturated heterocycles. The van der Waals surface area contributed by atoms with Crippen molar-refractivity contribution in [2.75, 3.05) is 0 Å². The quantitative estimate of drug-likeness (QED) is 0.832. The van der Waals surface area contributed by atoms with Crippen molar-refractivity contribution in [3.63, 3.8) is 0 Å². The molecule has 1 aromatic carbocycles. The van der Waals surface area contributed by atoms with Crippen molar-refractivity contribution in [2.24, 2.45) is 0 Å². The molecule has 1 aromatic rings. The smallest absolute Gasteiger partial charge is 0.253 e. The Balaban J connectivity index is 2.00. The van der Waals surface area contributed by atoms with Crippen LogP contribution in [0.25, 0.3) is 0 Å². The summed E-state index contributed by atoms with van der Waals surface area (Å²) in [6, 6.07) is 6.01. The van der Waals surface area contributed by atoms with E-state index in [1.165, 1.54) is 25.7 Å². The first kappa shape index (κ1) is 15.0. The molecule has 0 radical (unpaired) electrons. The van der Waals surface area contributed by atoms with Gasteiger partial charge in [0.25, 0.3) is 5.91 Å². The van der Waals surface area contributed by atoms with Crippen molar-refractivity contribution < 1.29 is 9.90 Å². The number of aryl methyl sites for hydroxylation is 2. The highest BCUT2D eigenvalue weighted by molar-refractivity contribution is 5.82. The van der Waals surface area contributed by atoms with Crippen LogP contribution in [-0.2, 0) is 4.79 Å². The van der Waals surface area contributed by atoms with Gasteiger partial charge in [-0.1, -0.05) is 49.4 Å². The highest BCUT2D eigenvalue weighted by Gasteiger charge is 2.22. The molecule has 1 amide bonds. The summed E-state index contributed by atoms with van der Waals surface area (Å²) in [5, 5.41) is 13.3. The highest BCUT2D eigenvalue weighted by Crippen LogP contribution is 2.21. The maximum absolute atomic E-state index is 12.2. The van der Waals surface area contributed by atoms with Gasteiger partial charge in [-0.25, -0.2) is 0 Å². The zero-order chi connectivity index (χ0) is 14.5. The molecule has 1 aliphatic carbocycles. The summed E-state index contributed by atoms with van der Waals surface area (Å²) >= 11 is 0. The molecular formula is C17H25NO2. The largest absolute Gasteiger partial charge is 0.378 e. The molecule has 0 aliphatic heterocycles. The minimum absolute atomic E-state index is 0.227. The molecule has 20 heavy (non-hydrogen) atoms. The van der Waals surface area contributed by atoms with Gasteiger partial charge in [0.05, 0.1) is 0 Å². The SMILES string of the molecule is Cc1ccc(C(O)C(=O)NC2CCCCCC2)c(C)c1. The van der Waals surface area contributed by atoms with Gasteiger partial charge in [0.2, 0.25) is 0 Å². The summed E-state index contributed by atoms with van der Waals surface area (Å²) in [5.41, 5.74) is 2.82. The minimum Gasteiger partial charge on any atom is -0.378 e. The molecule has 1 atom stereocenters. The number of carbonyl (C=O) groups is 1. The van der Waals surface area contributed by atoms with Crippen molar-refractivity contribution in [3.05, 3.63) is 34.9 Å². The van der Waals surface area contributed by atoms with Gasteiger partial charge in [-0.3, -0.25) is 4.79 Å². The highest BCUT2D eigenvalue weighted by atomic mass is 16.3. The fourth-order valence-corrected chi connectivity index (χ4v) is 2.98. The Bertz CT molecular complexity index is 462. The van der Waals surface area contributed by atoms with Gasteiger partial charge in [-0.15, -0.1) is 0 Å². The number of benzene rings is 1. The molecule has 0 bridgehead atoms. The van der Waals surface area contributed by atoms with Gasteiger partial charge in [0.15, 0.2) is 6.10 Å². The number of nitrogens with one attached hydrogen (secondary N) is 1. The van der Waals surface area contributed by atoms with Crippen molar-refractivity contribution in [3.8, 4) is 0 Å². The van der Waals surface area contributed by atoms with Crippen LogP contribution in [0, 0.1) is 13.8 Å². The normalized spacial score (nSPS) is 18.4. The van der Waals surface area contributed by atoms with Crippen LogP contribution in [0.4, 0.5) is 0 Å². The van der Waals surface area contributed by atoms with Crippen LogP contribution < -0.4 is 5.32 Å². The lowest BCUT2D eigenvalue weighted by Gasteiger charge is -2.20. The Kier molecular flexibility index (Phi) is 5.18. The summed E-state index contributed by atoms with van der Waals surface area (Å²) in [6.07, 6.45) is 5.86. The molecule has 2 N–H and O–H groups in total. The van der Waals surface area contributed by atoms with E-state index < -0.39 is 6.10 Å². The Labute approximate surface area is 121 Å². The molecule has 110 valence electrons. The molecule has 0 aromatic heterocycles. The van der Waals surface area contributed by atoms with Crippen molar-refractivity contribution >= 4 is 5.91 Å². The number of carbonyl (C=O) groups excluding carboxylic acids is 1. The molecule has 1 aliphatic rings. The monoisotopic (exact) mass is 275 g/mol. The molecule has 0 heterocycles. The van der Waals surface area contributed by atoms with Gasteiger partial charge in [0.1, 0.15) is 0 Å². The predicted molar refractivity (Wildman–Crippen MR) is 80.5 cm³/mol. The second-order valence-corrected chi connectivity index (χ2v) is 5.96. The van der Waals surface area contributed by atoms with E-state index in [1.54, 1.807) is 0 Å². The molecule has 1 saturated carbocycles. The maximum atomic E-state index is 12.2. The van der Waals surface area contributed by atoms with Gasteiger partial charge in [-0.2, -0.15) is 0 Å². The first-order valence-electron chi connectivity index (χ1n) is 7.63. The number of hydrogen-bond donors (Lipinski definition) is 2. The molecule has 0 spiro atoms. The van der Waals surface area contributed by atoms with E-state index in [4.69, 9.17) is 0 Å². The van der Waals surface area contributed by atoms with Crippen LogP contribution >= 0.6 is 0 Å². The lowest BCUT2D eigenvalue weighted by molar-refractivity contribution is -0.130. The Morgan fingerprint density at radius 2 is 1.85 bits per heavy atom. The fraction of sp³-hybridized carbons (Fsp3) is 0.588. The summed E-state index contributed by atoms with van der Waals surface area (Å²) in [7, 11) is 0. The van der Waals surface area contributed by atoms with Gasteiger partial charge >= 0.3 is 0 Å². The van der Waals surface area contributed by atoms with Gasteiger partial charge < -0.3 is 10.4 Å². The average molecular weight is 275 g/mol. The van der Waals surface area contributed by atoms with Crippen molar-refractivity contribution in [2.45, 2.75) is 64.5 Å². The van der Waals surface area contributed by atoms with Gasteiger partial charge in [0, 0.05) is 6.04 Å². The maximum Gasteiger partial charge on any atom is 0.253 e. The standard InChI is InChI=1S/C17H25NO2/c1-12-9-10-15(13(2)11-12)16(19)17(20)18-14-7-5-3-4-6-8-14/h9-11,14,16,19H,3-8H2,1-2H3,(H,18,20). The predicted octanol–water partition coefficient (Wildman–Crippen LogP) is 3.18. The Morgan fingerprint density at radius 3 is 2.45 bits per heavy atom. The zero-order valence-electron chi connectivity index (χ0n) is 12.5. The summed E-state index contributed by atoms with van der Waals surface area (Å²) < 4.78 is 0. The lowest BCUT2D eigenvalue weighted by Crippen LogP contribution is -2.38. The van der Waals surface area contributed by atoms with Crippen LogP contribution in [0.15, 0.2) is 18.2 Å². The third-order valence-corrected chi connectivity index (χ3v) is 4.17. The Hall–Kier alpha value is -1.35. The molecular weight excluding hydrogens is 250 g/mol. The molecule has 1 fully saturated rings. The summed E-state index contributed by atoms with van der Waals surface area (Å²) in [6.45, 7) is 3.94. The summed E-state index contributed by atoms with van der Waals surface area (Å²) in [5.74, 6) is -0.260. The number of amides is 1. The van der Waals surface area contributed by atoms with E-state index in [0.29, 0.717) is 5.56 Å².